The summed E-state index contributed by atoms with van der Waals surface area (Å²) in [5.74, 6) is 0.659. The van der Waals surface area contributed by atoms with Gasteiger partial charge in [-0.15, -0.1) is 0 Å². The number of carbonyl (C=O) groups excluding carboxylic acids is 1. The van der Waals surface area contributed by atoms with E-state index in [4.69, 9.17) is 16.3 Å². The lowest BCUT2D eigenvalue weighted by Gasteiger charge is -2.12. The molecule has 1 heterocycles. The van der Waals surface area contributed by atoms with E-state index in [1.54, 1.807) is 18.1 Å². The van der Waals surface area contributed by atoms with Crippen LogP contribution >= 0.6 is 23.4 Å². The molecule has 1 aliphatic heterocycles. The minimum Gasteiger partial charge on any atom is -0.496 e. The van der Waals surface area contributed by atoms with E-state index < -0.39 is 0 Å². The Morgan fingerprint density at radius 3 is 2.64 bits per heavy atom. The molecule has 0 atom stereocenters. The van der Waals surface area contributed by atoms with E-state index in [9.17, 15) is 4.79 Å². The van der Waals surface area contributed by atoms with Crippen LogP contribution in [-0.2, 0) is 4.79 Å². The molecule has 0 radical (unpaired) electrons. The number of carbonyl (C=O) groups is 1. The second-order valence-electron chi connectivity index (χ2n) is 5.25. The smallest absolute Gasteiger partial charge is 0.266 e. The topological polar surface area (TPSA) is 41.9 Å². The van der Waals surface area contributed by atoms with Crippen molar-refractivity contribution in [2.45, 2.75) is 6.92 Å². The van der Waals surface area contributed by atoms with E-state index in [1.165, 1.54) is 11.8 Å². The van der Waals surface area contributed by atoms with Crippen molar-refractivity contribution in [3.8, 4) is 5.75 Å². The number of hydrogen-bond acceptors (Lipinski definition) is 4. The first-order valence-electron chi connectivity index (χ1n) is 7.81. The number of benzene rings is 2. The molecule has 0 bridgehead atoms. The van der Waals surface area contributed by atoms with Crippen LogP contribution in [0.15, 0.2) is 58.4 Å². The van der Waals surface area contributed by atoms with Crippen molar-refractivity contribution >= 4 is 46.2 Å². The molecule has 4 nitrogen and oxygen atoms in total. The molecule has 0 saturated carbocycles. The number of halogens is 1. The van der Waals surface area contributed by atoms with Crippen LogP contribution in [0, 0.1) is 0 Å². The van der Waals surface area contributed by atoms with Crippen molar-refractivity contribution < 1.29 is 9.53 Å². The maximum Gasteiger partial charge on any atom is 0.266 e. The number of amides is 1. The van der Waals surface area contributed by atoms with E-state index >= 15 is 0 Å². The number of thioether (sulfide) groups is 1. The summed E-state index contributed by atoms with van der Waals surface area (Å²) in [5.41, 5.74) is 1.51. The predicted octanol–water partition coefficient (Wildman–Crippen LogP) is 4.97. The number of hydrogen-bond donors (Lipinski definition) is 0. The number of likely N-dealkylation sites (N-methyl/N-ethyl adjacent to an activating group) is 1. The molecular formula is C19H17ClN2O2S. The van der Waals surface area contributed by atoms with E-state index in [0.717, 1.165) is 11.3 Å². The fourth-order valence-corrected chi connectivity index (χ4v) is 3.67. The molecule has 0 aromatic heterocycles. The number of amidine groups is 1. The lowest BCUT2D eigenvalue weighted by atomic mass is 10.2. The third-order valence-corrected chi connectivity index (χ3v) is 5.02. The van der Waals surface area contributed by atoms with Gasteiger partial charge in [0.05, 0.1) is 22.7 Å². The maximum absolute atomic E-state index is 12.7. The van der Waals surface area contributed by atoms with Gasteiger partial charge in [0.15, 0.2) is 5.17 Å². The zero-order valence-corrected chi connectivity index (χ0v) is 15.5. The van der Waals surface area contributed by atoms with Crippen molar-refractivity contribution in [2.24, 2.45) is 4.99 Å². The molecule has 1 aliphatic rings. The Kier molecular flexibility index (Phi) is 5.46. The van der Waals surface area contributed by atoms with E-state index in [2.05, 4.69) is 4.99 Å². The van der Waals surface area contributed by atoms with Crippen LogP contribution in [0.1, 0.15) is 12.5 Å². The number of nitrogens with zero attached hydrogens (tertiary/aromatic N) is 2. The Bertz CT molecular complexity index is 864. The largest absolute Gasteiger partial charge is 0.496 e. The fourth-order valence-electron chi connectivity index (χ4n) is 2.44. The summed E-state index contributed by atoms with van der Waals surface area (Å²) in [6.07, 6.45) is 1.84. The van der Waals surface area contributed by atoms with Crippen LogP contribution in [0.2, 0.25) is 5.02 Å². The number of rotatable bonds is 4. The molecule has 2 aromatic rings. The Balaban J connectivity index is 1.98. The van der Waals surface area contributed by atoms with Crippen molar-refractivity contribution in [1.82, 2.24) is 4.90 Å². The van der Waals surface area contributed by atoms with Crippen LogP contribution in [0.3, 0.4) is 0 Å². The summed E-state index contributed by atoms with van der Waals surface area (Å²) in [5, 5.41) is 1.18. The summed E-state index contributed by atoms with van der Waals surface area (Å²) in [6, 6.07) is 14.9. The van der Waals surface area contributed by atoms with Gasteiger partial charge in [0.25, 0.3) is 5.91 Å². The molecule has 128 valence electrons. The molecule has 0 spiro atoms. The van der Waals surface area contributed by atoms with Gasteiger partial charge in [-0.1, -0.05) is 41.9 Å². The first kappa shape index (κ1) is 17.6. The van der Waals surface area contributed by atoms with Gasteiger partial charge in [0.1, 0.15) is 5.75 Å². The molecule has 0 N–H and O–H groups in total. The summed E-state index contributed by atoms with van der Waals surface area (Å²) < 4.78 is 5.36. The standard InChI is InChI=1S/C19H17ClN2O2S/c1-3-22-18(23)17(12-13-8-4-7-11-16(13)24-2)25-19(22)21-15-10-6-5-9-14(15)20/h4-12H,3H2,1-2H3/b17-12+,21-19?. The normalized spacial score (nSPS) is 17.6. The van der Waals surface area contributed by atoms with Crippen LogP contribution in [0.5, 0.6) is 5.75 Å². The molecule has 6 heteroatoms. The van der Waals surface area contributed by atoms with Gasteiger partial charge < -0.3 is 4.74 Å². The van der Waals surface area contributed by atoms with Crippen molar-refractivity contribution in [1.29, 1.82) is 0 Å². The van der Waals surface area contributed by atoms with Gasteiger partial charge in [0.2, 0.25) is 0 Å². The van der Waals surface area contributed by atoms with Gasteiger partial charge >= 0.3 is 0 Å². The molecule has 1 saturated heterocycles. The maximum atomic E-state index is 12.7. The number of ether oxygens (including phenoxy) is 1. The third kappa shape index (κ3) is 3.72. The molecule has 1 amide bonds. The Morgan fingerprint density at radius 2 is 1.92 bits per heavy atom. The minimum atomic E-state index is -0.0655. The van der Waals surface area contributed by atoms with Crippen LogP contribution < -0.4 is 4.74 Å². The highest BCUT2D eigenvalue weighted by Gasteiger charge is 2.32. The average molecular weight is 373 g/mol. The van der Waals surface area contributed by atoms with Gasteiger partial charge in [-0.25, -0.2) is 4.99 Å². The van der Waals surface area contributed by atoms with E-state index in [0.29, 0.717) is 27.3 Å². The van der Waals surface area contributed by atoms with E-state index in [1.807, 2.05) is 55.5 Å². The van der Waals surface area contributed by atoms with E-state index in [-0.39, 0.29) is 5.91 Å². The molecule has 2 aromatic carbocycles. The number of methoxy groups -OCH3 is 1. The average Bonchev–Trinajstić information content (AvgIpc) is 2.92. The minimum absolute atomic E-state index is 0.0655. The summed E-state index contributed by atoms with van der Waals surface area (Å²) in [6.45, 7) is 2.46. The van der Waals surface area contributed by atoms with Crippen molar-refractivity contribution in [3.05, 3.63) is 64.0 Å². The molecule has 3 rings (SSSR count). The quantitative estimate of drug-likeness (QED) is 0.711. The zero-order valence-electron chi connectivity index (χ0n) is 13.9. The second-order valence-corrected chi connectivity index (χ2v) is 6.66. The van der Waals surface area contributed by atoms with Gasteiger partial charge in [-0.05, 0) is 43.0 Å². The third-order valence-electron chi connectivity index (χ3n) is 3.70. The Labute approximate surface area is 156 Å². The van der Waals surface area contributed by atoms with Gasteiger partial charge in [-0.2, -0.15) is 0 Å². The van der Waals surface area contributed by atoms with Crippen LogP contribution in [0.25, 0.3) is 6.08 Å². The van der Waals surface area contributed by atoms with Crippen LogP contribution in [-0.4, -0.2) is 29.6 Å². The highest BCUT2D eigenvalue weighted by Crippen LogP contribution is 2.36. The molecular weight excluding hydrogens is 356 g/mol. The second kappa shape index (κ2) is 7.76. The number of aliphatic imine (C=N–C) groups is 1. The molecule has 0 aliphatic carbocycles. The summed E-state index contributed by atoms with van der Waals surface area (Å²) in [4.78, 5) is 19.5. The van der Waals surface area contributed by atoms with Crippen molar-refractivity contribution in [2.75, 3.05) is 13.7 Å². The first-order chi connectivity index (χ1) is 12.1. The molecule has 1 fully saturated rings. The first-order valence-corrected chi connectivity index (χ1v) is 9.01. The van der Waals surface area contributed by atoms with Gasteiger partial charge in [0, 0.05) is 12.1 Å². The summed E-state index contributed by atoms with van der Waals surface area (Å²) in [7, 11) is 1.61. The predicted molar refractivity (Wildman–Crippen MR) is 104 cm³/mol. The SMILES string of the molecule is CCN1C(=O)/C(=C\c2ccccc2OC)SC1=Nc1ccccc1Cl. The highest BCUT2D eigenvalue weighted by molar-refractivity contribution is 8.18. The Hall–Kier alpha value is -2.24. The van der Waals surface area contributed by atoms with Crippen molar-refractivity contribution in [3.63, 3.8) is 0 Å². The van der Waals surface area contributed by atoms with Gasteiger partial charge in [-0.3, -0.25) is 9.69 Å². The zero-order chi connectivity index (χ0) is 17.8. The molecule has 0 unspecified atom stereocenters. The highest BCUT2D eigenvalue weighted by atomic mass is 35.5. The lowest BCUT2D eigenvalue weighted by molar-refractivity contribution is -0.122. The lowest BCUT2D eigenvalue weighted by Crippen LogP contribution is -2.28. The Morgan fingerprint density at radius 1 is 1.20 bits per heavy atom. The monoisotopic (exact) mass is 372 g/mol. The molecule has 25 heavy (non-hydrogen) atoms. The van der Waals surface area contributed by atoms with Crippen LogP contribution in [0.4, 0.5) is 5.69 Å². The number of para-hydroxylation sites is 2. The fraction of sp³-hybridized carbons (Fsp3) is 0.158. The summed E-state index contributed by atoms with van der Waals surface area (Å²) >= 11 is 7.53.